The van der Waals surface area contributed by atoms with Crippen LogP contribution in [0.5, 0.6) is 0 Å². The normalized spacial score (nSPS) is 20.1. The summed E-state index contributed by atoms with van der Waals surface area (Å²) in [6.07, 6.45) is 3.11. The molecule has 2 N–H and O–H groups in total. The Bertz CT molecular complexity index is 581. The topological polar surface area (TPSA) is 80.5 Å². The Morgan fingerprint density at radius 2 is 2.00 bits per heavy atom. The van der Waals surface area contributed by atoms with Gasteiger partial charge in [-0.05, 0) is 37.0 Å². The molecule has 1 aromatic rings. The van der Waals surface area contributed by atoms with Crippen molar-refractivity contribution in [2.45, 2.75) is 43.5 Å². The van der Waals surface area contributed by atoms with Crippen LogP contribution in [0.4, 0.5) is 0 Å². The Labute approximate surface area is 119 Å². The van der Waals surface area contributed by atoms with Crippen molar-refractivity contribution in [3.8, 4) is 0 Å². The predicted octanol–water partition coefficient (Wildman–Crippen LogP) is 1.28. The number of rotatable bonds is 5. The highest BCUT2D eigenvalue weighted by Gasteiger charge is 2.38. The molecule has 0 spiro atoms. The predicted molar refractivity (Wildman–Crippen MR) is 76.5 cm³/mol. The molecule has 110 valence electrons. The average molecular weight is 296 g/mol. The summed E-state index contributed by atoms with van der Waals surface area (Å²) in [7, 11) is -3.63. The van der Waals surface area contributed by atoms with Crippen molar-refractivity contribution in [3.05, 3.63) is 29.8 Å². The van der Waals surface area contributed by atoms with Gasteiger partial charge in [-0.25, -0.2) is 8.42 Å². The second kappa shape index (κ2) is 5.93. The second-order valence-electron chi connectivity index (χ2n) is 5.07. The number of aryl methyl sites for hydroxylation is 1. The summed E-state index contributed by atoms with van der Waals surface area (Å²) in [5.74, 6) is -0.575. The van der Waals surface area contributed by atoms with Crippen LogP contribution in [0.1, 0.15) is 31.7 Å². The lowest BCUT2D eigenvalue weighted by Gasteiger charge is -2.21. The van der Waals surface area contributed by atoms with Crippen LogP contribution in [-0.4, -0.2) is 31.2 Å². The summed E-state index contributed by atoms with van der Waals surface area (Å²) in [4.78, 5) is 11.6. The van der Waals surface area contributed by atoms with Gasteiger partial charge in [-0.15, -0.1) is 0 Å². The Balaban J connectivity index is 2.27. The summed E-state index contributed by atoms with van der Waals surface area (Å²) in [5, 5.41) is 0. The molecule has 0 bridgehead atoms. The smallest absolute Gasteiger partial charge is 0.243 e. The van der Waals surface area contributed by atoms with E-state index < -0.39 is 22.0 Å². The fraction of sp³-hybridized carbons (Fsp3) is 0.500. The van der Waals surface area contributed by atoms with Crippen molar-refractivity contribution in [2.24, 2.45) is 5.73 Å². The van der Waals surface area contributed by atoms with E-state index in [1.807, 2.05) is 12.1 Å². The molecule has 0 radical (unpaired) electrons. The fourth-order valence-corrected chi connectivity index (χ4v) is 4.23. The third kappa shape index (κ3) is 2.86. The van der Waals surface area contributed by atoms with E-state index >= 15 is 0 Å². The highest BCUT2D eigenvalue weighted by atomic mass is 32.2. The highest BCUT2D eigenvalue weighted by molar-refractivity contribution is 7.89. The van der Waals surface area contributed by atoms with E-state index in [4.69, 9.17) is 5.73 Å². The zero-order valence-electron chi connectivity index (χ0n) is 11.6. The third-order valence-electron chi connectivity index (χ3n) is 3.60. The molecule has 1 amide bonds. The molecule has 5 nitrogen and oxygen atoms in total. The standard InChI is InChI=1S/C14H20N2O3S/c1-2-4-11-6-8-12(9-7-11)20(18,19)16-10-3-5-13(16)14(15)17/h6-9,13H,2-5,10H2,1H3,(H2,15,17). The van der Waals surface area contributed by atoms with E-state index in [2.05, 4.69) is 6.92 Å². The molecule has 1 heterocycles. The lowest BCUT2D eigenvalue weighted by molar-refractivity contribution is -0.121. The van der Waals surface area contributed by atoms with Gasteiger partial charge in [0.05, 0.1) is 4.90 Å². The Hall–Kier alpha value is -1.40. The van der Waals surface area contributed by atoms with Crippen molar-refractivity contribution < 1.29 is 13.2 Å². The van der Waals surface area contributed by atoms with E-state index in [9.17, 15) is 13.2 Å². The van der Waals surface area contributed by atoms with Crippen LogP contribution < -0.4 is 5.73 Å². The highest BCUT2D eigenvalue weighted by Crippen LogP contribution is 2.26. The molecule has 2 rings (SSSR count). The number of nitrogens with zero attached hydrogens (tertiary/aromatic N) is 1. The van der Waals surface area contributed by atoms with Crippen LogP contribution in [0.15, 0.2) is 29.2 Å². The number of sulfonamides is 1. The minimum atomic E-state index is -3.63. The quantitative estimate of drug-likeness (QED) is 0.888. The molecule has 0 aliphatic carbocycles. The molecule has 1 fully saturated rings. The van der Waals surface area contributed by atoms with Crippen LogP contribution >= 0.6 is 0 Å². The molecule has 1 aliphatic rings. The van der Waals surface area contributed by atoms with Gasteiger partial charge in [0, 0.05) is 6.54 Å². The molecule has 1 saturated heterocycles. The molecule has 1 unspecified atom stereocenters. The second-order valence-corrected chi connectivity index (χ2v) is 6.96. The minimum absolute atomic E-state index is 0.227. The average Bonchev–Trinajstić information content (AvgIpc) is 2.90. The first-order chi connectivity index (χ1) is 9.46. The molecule has 0 saturated carbocycles. The largest absolute Gasteiger partial charge is 0.368 e. The number of hydrogen-bond donors (Lipinski definition) is 1. The minimum Gasteiger partial charge on any atom is -0.368 e. The maximum absolute atomic E-state index is 12.5. The summed E-state index contributed by atoms with van der Waals surface area (Å²) < 4.78 is 26.3. The molecular weight excluding hydrogens is 276 g/mol. The van der Waals surface area contributed by atoms with E-state index in [1.165, 1.54) is 4.31 Å². The lowest BCUT2D eigenvalue weighted by atomic mass is 10.1. The maximum Gasteiger partial charge on any atom is 0.243 e. The zero-order valence-corrected chi connectivity index (χ0v) is 12.4. The van der Waals surface area contributed by atoms with Crippen molar-refractivity contribution in [1.29, 1.82) is 0 Å². The molecule has 1 atom stereocenters. The van der Waals surface area contributed by atoms with Crippen molar-refractivity contribution in [2.75, 3.05) is 6.54 Å². The van der Waals surface area contributed by atoms with Crippen molar-refractivity contribution >= 4 is 15.9 Å². The van der Waals surface area contributed by atoms with E-state index in [0.717, 1.165) is 18.4 Å². The van der Waals surface area contributed by atoms with Crippen LogP contribution in [0.25, 0.3) is 0 Å². The number of carbonyl (C=O) groups excluding carboxylic acids is 1. The third-order valence-corrected chi connectivity index (χ3v) is 5.52. The summed E-state index contributed by atoms with van der Waals surface area (Å²) >= 11 is 0. The van der Waals surface area contributed by atoms with Gasteiger partial charge in [-0.2, -0.15) is 4.31 Å². The fourth-order valence-electron chi connectivity index (χ4n) is 2.56. The Morgan fingerprint density at radius 1 is 1.35 bits per heavy atom. The number of nitrogens with two attached hydrogens (primary N) is 1. The van der Waals surface area contributed by atoms with Gasteiger partial charge in [0.2, 0.25) is 15.9 Å². The Kier molecular flexibility index (Phi) is 4.45. The first-order valence-electron chi connectivity index (χ1n) is 6.87. The van der Waals surface area contributed by atoms with Crippen LogP contribution in [-0.2, 0) is 21.2 Å². The number of amides is 1. The first-order valence-corrected chi connectivity index (χ1v) is 8.31. The van der Waals surface area contributed by atoms with E-state index in [-0.39, 0.29) is 4.90 Å². The summed E-state index contributed by atoms with van der Waals surface area (Å²) in [5.41, 5.74) is 6.39. The van der Waals surface area contributed by atoms with Gasteiger partial charge in [-0.1, -0.05) is 25.5 Å². The van der Waals surface area contributed by atoms with Gasteiger partial charge in [0.25, 0.3) is 0 Å². The molecule has 0 aromatic heterocycles. The van der Waals surface area contributed by atoms with Crippen LogP contribution in [0.2, 0.25) is 0 Å². The first kappa shape index (κ1) is 15.0. The van der Waals surface area contributed by atoms with Crippen molar-refractivity contribution in [1.82, 2.24) is 4.31 Å². The van der Waals surface area contributed by atoms with Gasteiger partial charge in [-0.3, -0.25) is 4.79 Å². The molecule has 20 heavy (non-hydrogen) atoms. The number of carbonyl (C=O) groups is 1. The SMILES string of the molecule is CCCc1ccc(S(=O)(=O)N2CCCC2C(N)=O)cc1. The molecule has 1 aliphatic heterocycles. The Morgan fingerprint density at radius 3 is 2.55 bits per heavy atom. The monoisotopic (exact) mass is 296 g/mol. The summed E-state index contributed by atoms with van der Waals surface area (Å²) in [6.45, 7) is 2.43. The van der Waals surface area contributed by atoms with E-state index in [1.54, 1.807) is 12.1 Å². The summed E-state index contributed by atoms with van der Waals surface area (Å²) in [6, 6.07) is 6.15. The van der Waals surface area contributed by atoms with Gasteiger partial charge in [0.1, 0.15) is 6.04 Å². The number of hydrogen-bond acceptors (Lipinski definition) is 3. The molecule has 6 heteroatoms. The zero-order chi connectivity index (χ0) is 14.8. The van der Waals surface area contributed by atoms with E-state index in [0.29, 0.717) is 19.4 Å². The van der Waals surface area contributed by atoms with Gasteiger partial charge >= 0.3 is 0 Å². The van der Waals surface area contributed by atoms with Gasteiger partial charge < -0.3 is 5.73 Å². The van der Waals surface area contributed by atoms with Crippen LogP contribution in [0.3, 0.4) is 0 Å². The van der Waals surface area contributed by atoms with Gasteiger partial charge in [0.15, 0.2) is 0 Å². The molecule has 1 aromatic carbocycles. The molecular formula is C14H20N2O3S. The van der Waals surface area contributed by atoms with Crippen molar-refractivity contribution in [3.63, 3.8) is 0 Å². The van der Waals surface area contributed by atoms with Crippen LogP contribution in [0, 0.1) is 0 Å². The maximum atomic E-state index is 12.5. The number of primary amides is 1. The number of benzene rings is 1. The lowest BCUT2D eigenvalue weighted by Crippen LogP contribution is -2.43.